The molecule has 2 aliphatic heterocycles. The number of aromatic nitrogens is 1. The molecule has 3 fully saturated rings. The average Bonchev–Trinajstić information content (AvgIpc) is 3.71. The summed E-state index contributed by atoms with van der Waals surface area (Å²) in [5.41, 5.74) is -2.73. The van der Waals surface area contributed by atoms with Crippen LogP contribution in [0.15, 0.2) is 71.2 Å². The number of hydrogen-bond donors (Lipinski definition) is 4. The Kier molecular flexibility index (Phi) is 13.3. The molecule has 3 aliphatic rings. The Labute approximate surface area is 366 Å². The summed E-state index contributed by atoms with van der Waals surface area (Å²) in [5.74, 6) is -3.20. The number of oxime groups is 1. The number of nitrogens with one attached hydrogen (secondary N) is 3. The predicted octanol–water partition coefficient (Wildman–Crippen LogP) is 3.92. The maximum absolute atomic E-state index is 14.1. The molecule has 0 radical (unpaired) electrons. The highest BCUT2D eigenvalue weighted by Crippen LogP contribution is 2.43. The minimum Gasteiger partial charge on any atom is -0.450 e. The van der Waals surface area contributed by atoms with Crippen LogP contribution in [0.5, 0.6) is 0 Å². The van der Waals surface area contributed by atoms with E-state index in [0.29, 0.717) is 11.1 Å². The van der Waals surface area contributed by atoms with Crippen molar-refractivity contribution in [2.75, 3.05) is 25.0 Å². The van der Waals surface area contributed by atoms with Crippen LogP contribution in [0, 0.1) is 0 Å². The summed E-state index contributed by atoms with van der Waals surface area (Å²) in [4.78, 5) is 89.9. The quantitative estimate of drug-likeness (QED) is 0.0420. The maximum Gasteiger partial charge on any atom is 0.413 e. The molecule has 3 aromatic rings. The van der Waals surface area contributed by atoms with Crippen molar-refractivity contribution in [3.63, 3.8) is 0 Å². The van der Waals surface area contributed by atoms with Gasteiger partial charge in [0, 0.05) is 24.8 Å². The predicted molar refractivity (Wildman–Crippen MR) is 223 cm³/mol. The van der Waals surface area contributed by atoms with Crippen molar-refractivity contribution in [3.8, 4) is 0 Å². The summed E-state index contributed by atoms with van der Waals surface area (Å²) in [5, 5.41) is 12.6. The zero-order valence-corrected chi connectivity index (χ0v) is 36.7. The smallest absolute Gasteiger partial charge is 0.413 e. The topological polar surface area (TPSA) is 271 Å². The Hall–Kier alpha value is -6.33. The highest BCUT2D eigenvalue weighted by Gasteiger charge is 2.58. The van der Waals surface area contributed by atoms with E-state index in [1.807, 2.05) is 12.1 Å². The number of nitrogens with zero attached hydrogens (tertiary/aromatic N) is 4. The molecule has 3 heterocycles. The lowest BCUT2D eigenvalue weighted by Gasteiger charge is -2.45. The van der Waals surface area contributed by atoms with Crippen LogP contribution in [-0.2, 0) is 48.5 Å². The minimum atomic E-state index is -5.21. The number of thiazole rings is 1. The normalized spacial score (nSPS) is 19.7. The van der Waals surface area contributed by atoms with E-state index in [2.05, 4.69) is 26.1 Å². The molecule has 0 bridgehead atoms. The van der Waals surface area contributed by atoms with Crippen LogP contribution < -0.4 is 16.0 Å². The fourth-order valence-corrected chi connectivity index (χ4v) is 7.88. The van der Waals surface area contributed by atoms with E-state index in [1.165, 1.54) is 5.38 Å². The lowest BCUT2D eigenvalue weighted by molar-refractivity contribution is -0.164. The van der Waals surface area contributed by atoms with Crippen LogP contribution >= 0.6 is 11.3 Å². The first-order valence-corrected chi connectivity index (χ1v) is 21.9. The molecule has 63 heavy (non-hydrogen) atoms. The molecular weight excluding hydrogens is 867 g/mol. The van der Waals surface area contributed by atoms with Gasteiger partial charge in [0.05, 0.1) is 19.1 Å². The van der Waals surface area contributed by atoms with Gasteiger partial charge in [0.1, 0.15) is 29.0 Å². The number of rotatable bonds is 15. The molecule has 3 atom stereocenters. The van der Waals surface area contributed by atoms with Crippen molar-refractivity contribution in [1.82, 2.24) is 24.8 Å². The number of ether oxygens (including phenoxy) is 4. The van der Waals surface area contributed by atoms with Gasteiger partial charge in [-0.1, -0.05) is 65.8 Å². The number of anilines is 1. The van der Waals surface area contributed by atoms with Crippen LogP contribution in [0.2, 0.25) is 0 Å². The molecule has 1 aliphatic carbocycles. The van der Waals surface area contributed by atoms with E-state index in [1.54, 1.807) is 90.1 Å². The van der Waals surface area contributed by atoms with E-state index in [-0.39, 0.29) is 41.1 Å². The summed E-state index contributed by atoms with van der Waals surface area (Å²) >= 11 is 0.871. The first-order valence-electron chi connectivity index (χ1n) is 19.6. The van der Waals surface area contributed by atoms with Gasteiger partial charge in [-0.05, 0) is 52.7 Å². The van der Waals surface area contributed by atoms with Crippen LogP contribution in [0.3, 0.4) is 0 Å². The van der Waals surface area contributed by atoms with Crippen LogP contribution in [0.1, 0.15) is 77.3 Å². The van der Waals surface area contributed by atoms with Crippen molar-refractivity contribution in [1.29, 1.82) is 0 Å². The Morgan fingerprint density at radius 2 is 1.54 bits per heavy atom. The molecule has 338 valence electrons. The number of cyclic esters (lactones) is 1. The van der Waals surface area contributed by atoms with Gasteiger partial charge >= 0.3 is 34.6 Å². The molecule has 2 saturated heterocycles. The van der Waals surface area contributed by atoms with Crippen molar-refractivity contribution in [2.45, 2.75) is 95.5 Å². The molecule has 1 unspecified atom stereocenters. The molecule has 21 nitrogen and oxygen atoms in total. The van der Waals surface area contributed by atoms with Gasteiger partial charge in [0.15, 0.2) is 16.9 Å². The van der Waals surface area contributed by atoms with Crippen LogP contribution in [0.4, 0.5) is 19.5 Å². The van der Waals surface area contributed by atoms with Crippen molar-refractivity contribution in [3.05, 3.63) is 82.9 Å². The third-order valence-corrected chi connectivity index (χ3v) is 11.0. The van der Waals surface area contributed by atoms with Crippen LogP contribution in [-0.4, -0.2) is 124 Å². The van der Waals surface area contributed by atoms with E-state index < -0.39 is 99.7 Å². The monoisotopic (exact) mass is 913 g/mol. The second kappa shape index (κ2) is 18.2. The largest absolute Gasteiger partial charge is 0.450 e. The summed E-state index contributed by atoms with van der Waals surface area (Å²) < 4.78 is 56.6. The number of amides is 5. The molecule has 1 aromatic heterocycles. The fraction of sp³-hybridized carbons (Fsp3) is 0.450. The second-order valence-corrected chi connectivity index (χ2v) is 18.9. The number of benzene rings is 2. The second-order valence-electron chi connectivity index (χ2n) is 16.7. The van der Waals surface area contributed by atoms with E-state index in [9.17, 15) is 41.7 Å². The number of esters is 1. The fourth-order valence-electron chi connectivity index (χ4n) is 6.33. The molecule has 5 amide bonds. The van der Waals surface area contributed by atoms with E-state index in [0.717, 1.165) is 16.2 Å². The first-order chi connectivity index (χ1) is 29.5. The van der Waals surface area contributed by atoms with Gasteiger partial charge < -0.3 is 39.3 Å². The number of hydrogen-bond acceptors (Lipinski definition) is 16. The van der Waals surface area contributed by atoms with Crippen molar-refractivity contribution in [2.24, 2.45) is 5.16 Å². The summed E-state index contributed by atoms with van der Waals surface area (Å²) in [6.45, 7) is 9.04. The Balaban J connectivity index is 1.23. The molecule has 23 heteroatoms. The highest BCUT2D eigenvalue weighted by molar-refractivity contribution is 7.84. The van der Waals surface area contributed by atoms with Gasteiger partial charge in [0.2, 0.25) is 5.60 Å². The molecule has 1 saturated carbocycles. The summed E-state index contributed by atoms with van der Waals surface area (Å²) in [6, 6.07) is 14.8. The van der Waals surface area contributed by atoms with Crippen LogP contribution in [0.25, 0.3) is 0 Å². The lowest BCUT2D eigenvalue weighted by atomic mass is 9.97. The molecular formula is C40H47N7O14S2. The first kappa shape index (κ1) is 46.2. The number of alkyl carbamates (subject to hydrolysis) is 1. The highest BCUT2D eigenvalue weighted by atomic mass is 32.2. The van der Waals surface area contributed by atoms with Gasteiger partial charge in [-0.25, -0.2) is 28.5 Å². The molecule has 0 spiro atoms. The van der Waals surface area contributed by atoms with Crippen molar-refractivity contribution < 1.29 is 65.5 Å². The molecule has 4 N–H and O–H groups in total. The minimum absolute atomic E-state index is 0.0349. The van der Waals surface area contributed by atoms with Gasteiger partial charge in [-0.2, -0.15) is 8.42 Å². The van der Waals surface area contributed by atoms with Gasteiger partial charge in [-0.15, -0.1) is 11.3 Å². The SMILES string of the molecule is CC(C)(C)OC(=O)NCC1CN(C[C@@H]2[C@H](NC(=O)C(=NOC3(C(=O)OC(c4ccccc4)c4ccccc4)CC3)c3csc(NC(=O)OC(C)(C)C)n3)C(=O)N2S(=O)(=O)O)C(=O)O1. The zero-order valence-electron chi connectivity index (χ0n) is 35.1. The number of carbonyl (C=O) groups is 6. The Morgan fingerprint density at radius 3 is 2.10 bits per heavy atom. The third kappa shape index (κ3) is 11.8. The molecule has 2 aromatic carbocycles. The number of β-lactam (4-membered cyclic amide) rings is 1. The zero-order chi connectivity index (χ0) is 45.9. The summed E-state index contributed by atoms with van der Waals surface area (Å²) in [6.07, 6.45) is -4.00. The van der Waals surface area contributed by atoms with E-state index in [4.69, 9.17) is 23.8 Å². The maximum atomic E-state index is 14.1. The Morgan fingerprint density at radius 1 is 0.952 bits per heavy atom. The average molecular weight is 914 g/mol. The molecule has 6 rings (SSSR count). The third-order valence-electron chi connectivity index (χ3n) is 9.32. The lowest BCUT2D eigenvalue weighted by Crippen LogP contribution is -2.74. The van der Waals surface area contributed by atoms with Gasteiger partial charge in [-0.3, -0.25) is 19.5 Å². The number of carbonyl (C=O) groups excluding carboxylic acids is 6. The van der Waals surface area contributed by atoms with Crippen molar-refractivity contribution >= 4 is 68.5 Å². The van der Waals surface area contributed by atoms with Gasteiger partial charge in [0.25, 0.3) is 11.8 Å². The standard InChI is InChI=1S/C40H47N7O14S2/c1-38(2,3)59-35(51)41-19-25-20-46(37(53)57-25)21-27-29(32(49)47(27)63(54,55)56)43-31(48)28(26-22-62-34(42-26)44-36(52)60-39(4,5)6)45-61-40(17-18-40)33(50)58-30(23-13-9-7-10-14-23)24-15-11-8-12-16-24/h7-16,22,25,27,29-30H,17-21H2,1-6H3,(H,41,51)(H,43,48)(H,42,44,52)(H,54,55,56)/t25?,27-,29+/m1/s1. The Bertz CT molecular complexity index is 2320. The summed E-state index contributed by atoms with van der Waals surface area (Å²) in [7, 11) is -5.21. The van der Waals surface area contributed by atoms with E-state index >= 15 is 0 Å².